The number of fused-ring (bicyclic) bond motifs is 3. The third-order valence-corrected chi connectivity index (χ3v) is 5.88. The van der Waals surface area contributed by atoms with Gasteiger partial charge in [-0.1, -0.05) is 61.9 Å². The lowest BCUT2D eigenvalue weighted by atomic mass is 9.98. The van der Waals surface area contributed by atoms with Gasteiger partial charge in [-0.15, -0.1) is 0 Å². The highest BCUT2D eigenvalue weighted by Gasteiger charge is 2.29. The number of rotatable bonds is 9. The maximum absolute atomic E-state index is 12.3. The van der Waals surface area contributed by atoms with Crippen molar-refractivity contribution in [2.24, 2.45) is 0 Å². The van der Waals surface area contributed by atoms with Gasteiger partial charge in [-0.05, 0) is 28.7 Å². The van der Waals surface area contributed by atoms with Gasteiger partial charge in [0.2, 0.25) is 0 Å². The van der Waals surface area contributed by atoms with Crippen molar-refractivity contribution in [3.8, 4) is 11.1 Å². The van der Waals surface area contributed by atoms with Crippen molar-refractivity contribution in [1.82, 2.24) is 20.6 Å². The summed E-state index contributed by atoms with van der Waals surface area (Å²) < 4.78 is 5.49. The summed E-state index contributed by atoms with van der Waals surface area (Å²) in [5.41, 5.74) is 4.70. The predicted molar refractivity (Wildman–Crippen MR) is 128 cm³/mol. The molecular weight excluding hydrogens is 448 g/mol. The minimum Gasteiger partial charge on any atom is -0.480 e. The molecule has 180 valence electrons. The van der Waals surface area contributed by atoms with E-state index in [-0.39, 0.29) is 24.6 Å². The molecule has 0 fully saturated rings. The molecule has 0 radical (unpaired) electrons. The third kappa shape index (κ3) is 5.46. The Morgan fingerprint density at radius 1 is 1.00 bits per heavy atom. The maximum atomic E-state index is 12.3. The Labute approximate surface area is 202 Å². The van der Waals surface area contributed by atoms with E-state index in [4.69, 9.17) is 4.74 Å². The molecule has 0 spiro atoms. The molecule has 4 rings (SSSR count). The molecule has 9 nitrogen and oxygen atoms in total. The number of carboxylic acids is 1. The van der Waals surface area contributed by atoms with Crippen molar-refractivity contribution in [3.63, 3.8) is 0 Å². The van der Waals surface area contributed by atoms with E-state index in [2.05, 4.69) is 32.7 Å². The van der Waals surface area contributed by atoms with Gasteiger partial charge in [0.25, 0.3) is 5.91 Å². The number of aromatic nitrogens is 2. The van der Waals surface area contributed by atoms with Crippen LogP contribution in [0.4, 0.5) is 4.79 Å². The first-order chi connectivity index (χ1) is 17.0. The minimum absolute atomic E-state index is 0.0200. The van der Waals surface area contributed by atoms with Crippen LogP contribution in [0.3, 0.4) is 0 Å². The highest BCUT2D eigenvalue weighted by Crippen LogP contribution is 2.44. The Balaban J connectivity index is 1.30. The Kier molecular flexibility index (Phi) is 7.35. The molecule has 1 aromatic heterocycles. The van der Waals surface area contributed by atoms with E-state index in [0.717, 1.165) is 22.3 Å². The number of carbonyl (C=O) groups excluding carboxylic acids is 2. The summed E-state index contributed by atoms with van der Waals surface area (Å²) in [7, 11) is 0. The zero-order valence-electron chi connectivity index (χ0n) is 19.2. The second-order valence-electron chi connectivity index (χ2n) is 8.22. The SMILES string of the molecule is CCCC(NC(=O)c1cnc(CNC(=O)OCC2c3ccccc3-c3ccccc32)nc1)C(=O)O. The molecule has 1 aliphatic carbocycles. The maximum Gasteiger partial charge on any atom is 0.407 e. The van der Waals surface area contributed by atoms with Crippen LogP contribution in [-0.4, -0.2) is 45.7 Å². The number of amides is 2. The van der Waals surface area contributed by atoms with E-state index >= 15 is 0 Å². The first-order valence-electron chi connectivity index (χ1n) is 11.4. The van der Waals surface area contributed by atoms with Crippen molar-refractivity contribution >= 4 is 18.0 Å². The second kappa shape index (κ2) is 10.8. The number of nitrogens with zero attached hydrogens (tertiary/aromatic N) is 2. The number of ether oxygens (including phenoxy) is 1. The third-order valence-electron chi connectivity index (χ3n) is 5.88. The molecule has 1 atom stereocenters. The fourth-order valence-corrected chi connectivity index (χ4v) is 4.15. The Bertz CT molecular complexity index is 1180. The summed E-state index contributed by atoms with van der Waals surface area (Å²) in [4.78, 5) is 43.9. The summed E-state index contributed by atoms with van der Waals surface area (Å²) in [6, 6.07) is 15.2. The summed E-state index contributed by atoms with van der Waals surface area (Å²) in [5, 5.41) is 14.2. The number of alkyl carbamates (subject to hydrolysis) is 1. The van der Waals surface area contributed by atoms with Crippen molar-refractivity contribution in [2.75, 3.05) is 6.61 Å². The van der Waals surface area contributed by atoms with Crippen molar-refractivity contribution in [3.05, 3.63) is 83.4 Å². The molecule has 0 saturated heterocycles. The van der Waals surface area contributed by atoms with Crippen LogP contribution in [0.2, 0.25) is 0 Å². The van der Waals surface area contributed by atoms with Crippen LogP contribution >= 0.6 is 0 Å². The molecule has 0 saturated carbocycles. The number of carbonyl (C=O) groups is 3. The first-order valence-corrected chi connectivity index (χ1v) is 11.4. The quantitative estimate of drug-likeness (QED) is 0.433. The summed E-state index contributed by atoms with van der Waals surface area (Å²) in [6.45, 7) is 2.05. The van der Waals surface area contributed by atoms with Crippen LogP contribution in [0.15, 0.2) is 60.9 Å². The molecule has 2 amide bonds. The molecule has 35 heavy (non-hydrogen) atoms. The van der Waals surface area contributed by atoms with Gasteiger partial charge in [-0.3, -0.25) is 4.79 Å². The van der Waals surface area contributed by atoms with Crippen LogP contribution in [0.5, 0.6) is 0 Å². The Morgan fingerprint density at radius 2 is 1.60 bits per heavy atom. The molecule has 3 aromatic rings. The molecule has 0 aliphatic heterocycles. The zero-order valence-corrected chi connectivity index (χ0v) is 19.2. The van der Waals surface area contributed by atoms with Gasteiger partial charge in [0.15, 0.2) is 0 Å². The fraction of sp³-hybridized carbons (Fsp3) is 0.269. The van der Waals surface area contributed by atoms with Gasteiger partial charge in [0.05, 0.1) is 12.1 Å². The molecule has 9 heteroatoms. The molecule has 1 aliphatic rings. The van der Waals surface area contributed by atoms with Crippen LogP contribution in [0.1, 0.15) is 53.0 Å². The number of nitrogens with one attached hydrogen (secondary N) is 2. The van der Waals surface area contributed by atoms with Gasteiger partial charge in [-0.25, -0.2) is 19.6 Å². The van der Waals surface area contributed by atoms with Gasteiger partial charge < -0.3 is 20.5 Å². The lowest BCUT2D eigenvalue weighted by Gasteiger charge is -2.14. The first kappa shape index (κ1) is 23.9. The number of benzene rings is 2. The van der Waals surface area contributed by atoms with E-state index in [1.165, 1.54) is 12.4 Å². The lowest BCUT2D eigenvalue weighted by Crippen LogP contribution is -2.40. The van der Waals surface area contributed by atoms with Crippen molar-refractivity contribution in [2.45, 2.75) is 38.3 Å². The highest BCUT2D eigenvalue weighted by molar-refractivity contribution is 5.96. The van der Waals surface area contributed by atoms with Crippen molar-refractivity contribution < 1.29 is 24.2 Å². The molecule has 1 unspecified atom stereocenters. The standard InChI is InChI=1S/C26H26N4O5/c1-2-7-22(25(32)33)30-24(31)16-12-27-23(28-13-16)14-29-26(34)35-15-21-19-10-5-3-8-17(19)18-9-4-6-11-20(18)21/h3-6,8-13,21-22H,2,7,14-15H2,1H3,(H,29,34)(H,30,31)(H,32,33). The van der Waals surface area contributed by atoms with Gasteiger partial charge >= 0.3 is 12.1 Å². The predicted octanol–water partition coefficient (Wildman–Crippen LogP) is 3.50. The molecule has 1 heterocycles. The zero-order chi connectivity index (χ0) is 24.8. The fourth-order valence-electron chi connectivity index (χ4n) is 4.15. The number of carboxylic acid groups (broad SMARTS) is 1. The van der Waals surface area contributed by atoms with Crippen LogP contribution in [0, 0.1) is 0 Å². The smallest absolute Gasteiger partial charge is 0.407 e. The van der Waals surface area contributed by atoms with Crippen molar-refractivity contribution in [1.29, 1.82) is 0 Å². The van der Waals surface area contributed by atoms with Crippen LogP contribution in [-0.2, 0) is 16.1 Å². The van der Waals surface area contributed by atoms with Gasteiger partial charge in [-0.2, -0.15) is 0 Å². The van der Waals surface area contributed by atoms with E-state index < -0.39 is 24.0 Å². The van der Waals surface area contributed by atoms with Gasteiger partial charge in [0, 0.05) is 18.3 Å². The van der Waals surface area contributed by atoms with Crippen LogP contribution in [0.25, 0.3) is 11.1 Å². The highest BCUT2D eigenvalue weighted by atomic mass is 16.5. The molecule has 2 aromatic carbocycles. The Morgan fingerprint density at radius 3 is 2.17 bits per heavy atom. The second-order valence-corrected chi connectivity index (χ2v) is 8.22. The molecular formula is C26H26N4O5. The monoisotopic (exact) mass is 474 g/mol. The summed E-state index contributed by atoms with van der Waals surface area (Å²) in [6.07, 6.45) is 2.93. The Hall–Kier alpha value is -4.27. The number of hydrogen-bond acceptors (Lipinski definition) is 6. The average molecular weight is 475 g/mol. The number of aliphatic carboxylic acids is 1. The number of hydrogen-bond donors (Lipinski definition) is 3. The largest absolute Gasteiger partial charge is 0.480 e. The lowest BCUT2D eigenvalue weighted by molar-refractivity contribution is -0.139. The molecule has 0 bridgehead atoms. The van der Waals surface area contributed by atoms with E-state index in [9.17, 15) is 19.5 Å². The minimum atomic E-state index is -1.09. The topological polar surface area (TPSA) is 131 Å². The normalized spacial score (nSPS) is 12.8. The van der Waals surface area contributed by atoms with E-state index in [0.29, 0.717) is 18.7 Å². The van der Waals surface area contributed by atoms with E-state index in [1.54, 1.807) is 0 Å². The summed E-state index contributed by atoms with van der Waals surface area (Å²) >= 11 is 0. The van der Waals surface area contributed by atoms with E-state index in [1.807, 2.05) is 43.3 Å². The molecule has 3 N–H and O–H groups in total. The average Bonchev–Trinajstić information content (AvgIpc) is 3.20. The van der Waals surface area contributed by atoms with Gasteiger partial charge in [0.1, 0.15) is 18.5 Å². The summed E-state index contributed by atoms with van der Waals surface area (Å²) in [5.74, 6) is -1.41. The van der Waals surface area contributed by atoms with Crippen LogP contribution < -0.4 is 10.6 Å².